The molecule has 124 valence electrons. The van der Waals surface area contributed by atoms with Crippen LogP contribution in [0.3, 0.4) is 0 Å². The molecule has 1 aliphatic heterocycles. The van der Waals surface area contributed by atoms with Crippen LogP contribution in [0.4, 0.5) is 27.6 Å². The van der Waals surface area contributed by atoms with Gasteiger partial charge in [-0.15, -0.1) is 0 Å². The molecular weight excluding hydrogens is 319 g/mol. The number of halogens is 5. The van der Waals surface area contributed by atoms with Gasteiger partial charge < -0.3 is 10.0 Å². The van der Waals surface area contributed by atoms with Crippen molar-refractivity contribution in [1.29, 1.82) is 5.26 Å². The largest absolute Gasteiger partial charge is 0.416 e. The first-order valence-corrected chi connectivity index (χ1v) is 7.07. The lowest BCUT2D eigenvalue weighted by Gasteiger charge is -2.34. The van der Waals surface area contributed by atoms with Gasteiger partial charge in [0.15, 0.2) is 6.10 Å². The van der Waals surface area contributed by atoms with E-state index in [9.17, 15) is 27.1 Å². The number of hydrogen-bond acceptors (Lipinski definition) is 3. The number of aliphatic hydroxyl groups excluding tert-OH is 1. The molecule has 0 bridgehead atoms. The molecule has 1 saturated heterocycles. The highest BCUT2D eigenvalue weighted by Gasteiger charge is 2.60. The highest BCUT2D eigenvalue weighted by atomic mass is 19.4. The fourth-order valence-corrected chi connectivity index (χ4v) is 3.39. The fourth-order valence-electron chi connectivity index (χ4n) is 3.39. The van der Waals surface area contributed by atoms with Crippen molar-refractivity contribution in [2.24, 2.45) is 11.8 Å². The summed E-state index contributed by atoms with van der Waals surface area (Å²) in [6.45, 7) is 0.289. The van der Waals surface area contributed by atoms with E-state index in [1.54, 1.807) is 6.07 Å². The molecule has 1 aliphatic carbocycles. The number of rotatable bonds is 3. The molecule has 1 heterocycles. The average molecular weight is 332 g/mol. The second-order valence-corrected chi connectivity index (χ2v) is 5.97. The van der Waals surface area contributed by atoms with Crippen LogP contribution in [-0.4, -0.2) is 30.0 Å². The minimum absolute atomic E-state index is 0.0441. The molecule has 3 nitrogen and oxygen atoms in total. The van der Waals surface area contributed by atoms with Crippen LogP contribution in [0, 0.1) is 23.2 Å². The third kappa shape index (κ3) is 2.74. The summed E-state index contributed by atoms with van der Waals surface area (Å²) in [5, 5.41) is 18.5. The van der Waals surface area contributed by atoms with Crippen molar-refractivity contribution < 1.29 is 27.1 Å². The van der Waals surface area contributed by atoms with Gasteiger partial charge in [-0.2, -0.15) is 18.4 Å². The normalized spacial score (nSPS) is 27.7. The zero-order valence-electron chi connectivity index (χ0n) is 11.8. The summed E-state index contributed by atoms with van der Waals surface area (Å²) in [4.78, 5) is 1.34. The van der Waals surface area contributed by atoms with Crippen molar-refractivity contribution >= 4 is 5.69 Å². The monoisotopic (exact) mass is 332 g/mol. The molecule has 0 unspecified atom stereocenters. The maximum atomic E-state index is 13.0. The number of hydrogen-bond donors (Lipinski definition) is 1. The van der Waals surface area contributed by atoms with Gasteiger partial charge in [0.2, 0.25) is 0 Å². The second-order valence-electron chi connectivity index (χ2n) is 5.97. The van der Waals surface area contributed by atoms with Crippen LogP contribution in [0.5, 0.6) is 0 Å². The summed E-state index contributed by atoms with van der Waals surface area (Å²) >= 11 is 0. The molecule has 3 rings (SSSR count). The van der Waals surface area contributed by atoms with Gasteiger partial charge in [-0.05, 0) is 36.5 Å². The summed E-state index contributed by atoms with van der Waals surface area (Å²) in [6, 6.07) is 4.05. The van der Waals surface area contributed by atoms with Crippen LogP contribution in [0.2, 0.25) is 0 Å². The molecule has 0 spiro atoms. The predicted molar refractivity (Wildman–Crippen MR) is 70.9 cm³/mol. The molecule has 0 amide bonds. The van der Waals surface area contributed by atoms with Crippen molar-refractivity contribution in [3.63, 3.8) is 0 Å². The van der Waals surface area contributed by atoms with Crippen molar-refractivity contribution in [2.75, 3.05) is 11.4 Å². The van der Waals surface area contributed by atoms with Gasteiger partial charge in [-0.25, -0.2) is 8.78 Å². The highest BCUT2D eigenvalue weighted by molar-refractivity contribution is 5.57. The third-order valence-electron chi connectivity index (χ3n) is 4.59. The lowest BCUT2D eigenvalue weighted by molar-refractivity contribution is -0.210. The smallest absolute Gasteiger partial charge is 0.382 e. The summed E-state index contributed by atoms with van der Waals surface area (Å²) in [5.74, 6) is -0.236. The Hall–Kier alpha value is -1.88. The van der Waals surface area contributed by atoms with Crippen LogP contribution < -0.4 is 4.90 Å². The SMILES string of the molecule is N#Cc1ccc(N2C[C@H]3C[C@H]3[C@@H]2[C@H](O)C(F)(F)F)cc1C(F)F. The van der Waals surface area contributed by atoms with E-state index in [4.69, 9.17) is 5.26 Å². The minimum atomic E-state index is -4.77. The summed E-state index contributed by atoms with van der Waals surface area (Å²) in [7, 11) is 0. The predicted octanol–water partition coefficient (Wildman–Crippen LogP) is 3.24. The van der Waals surface area contributed by atoms with Gasteiger partial charge in [0.1, 0.15) is 0 Å². The minimum Gasteiger partial charge on any atom is -0.382 e. The second kappa shape index (κ2) is 5.34. The fraction of sp³-hybridized carbons (Fsp3) is 0.533. The lowest BCUT2D eigenvalue weighted by atomic mass is 10.0. The Kier molecular flexibility index (Phi) is 3.71. The van der Waals surface area contributed by atoms with Gasteiger partial charge in [0.05, 0.1) is 17.7 Å². The third-order valence-corrected chi connectivity index (χ3v) is 4.59. The van der Waals surface area contributed by atoms with E-state index in [0.29, 0.717) is 6.42 Å². The van der Waals surface area contributed by atoms with E-state index in [1.165, 1.54) is 17.0 Å². The molecule has 2 aliphatic rings. The van der Waals surface area contributed by atoms with Gasteiger partial charge in [-0.3, -0.25) is 0 Å². The summed E-state index contributed by atoms with van der Waals surface area (Å²) in [6.07, 6.45) is -9.58. The van der Waals surface area contributed by atoms with Gasteiger partial charge >= 0.3 is 6.18 Å². The molecule has 0 aromatic heterocycles. The highest BCUT2D eigenvalue weighted by Crippen LogP contribution is 2.53. The molecule has 0 radical (unpaired) electrons. The Balaban J connectivity index is 1.95. The zero-order valence-corrected chi connectivity index (χ0v) is 11.8. The van der Waals surface area contributed by atoms with Crippen LogP contribution >= 0.6 is 0 Å². The van der Waals surface area contributed by atoms with E-state index in [0.717, 1.165) is 6.07 Å². The molecule has 1 saturated carbocycles. The standard InChI is InChI=1S/C15H13F5N2O/c16-14(17)11-4-9(2-1-7(11)5-21)22-6-8-3-10(8)12(22)13(23)15(18,19)20/h1-2,4,8,10,12-14,23H,3,6H2/t8-,10-,12-,13+/m1/s1. The Morgan fingerprint density at radius 3 is 2.57 bits per heavy atom. The Morgan fingerprint density at radius 2 is 2.00 bits per heavy atom. The Bertz CT molecular complexity index is 654. The van der Waals surface area contributed by atoms with E-state index in [2.05, 4.69) is 0 Å². The summed E-state index contributed by atoms with van der Waals surface area (Å²) < 4.78 is 64.6. The van der Waals surface area contributed by atoms with Crippen molar-refractivity contribution in [3.05, 3.63) is 29.3 Å². The molecule has 2 fully saturated rings. The number of anilines is 1. The molecule has 23 heavy (non-hydrogen) atoms. The maximum absolute atomic E-state index is 13.0. The van der Waals surface area contributed by atoms with Crippen LogP contribution in [0.15, 0.2) is 18.2 Å². The van der Waals surface area contributed by atoms with Crippen LogP contribution in [-0.2, 0) is 0 Å². The van der Waals surface area contributed by atoms with E-state index in [1.807, 2.05) is 0 Å². The first kappa shape index (κ1) is 16.0. The molecule has 1 aromatic rings. The van der Waals surface area contributed by atoms with E-state index < -0.39 is 30.3 Å². The van der Waals surface area contributed by atoms with E-state index >= 15 is 0 Å². The quantitative estimate of drug-likeness (QED) is 0.865. The molecular formula is C15H13F5N2O. The zero-order chi connectivity index (χ0) is 16.9. The van der Waals surface area contributed by atoms with Crippen molar-refractivity contribution in [1.82, 2.24) is 0 Å². The number of piperidine rings is 1. The van der Waals surface area contributed by atoms with Crippen molar-refractivity contribution in [3.8, 4) is 6.07 Å². The van der Waals surface area contributed by atoms with Crippen LogP contribution in [0.25, 0.3) is 0 Å². The number of nitriles is 1. The number of nitrogens with zero attached hydrogens (tertiary/aromatic N) is 2. The topological polar surface area (TPSA) is 47.3 Å². The molecule has 1 aromatic carbocycles. The van der Waals surface area contributed by atoms with Crippen LogP contribution in [0.1, 0.15) is 24.0 Å². The number of benzene rings is 1. The number of alkyl halides is 5. The molecule has 1 N–H and O–H groups in total. The Labute approximate surface area is 128 Å². The van der Waals surface area contributed by atoms with Crippen molar-refractivity contribution in [2.45, 2.75) is 31.2 Å². The first-order chi connectivity index (χ1) is 10.7. The van der Waals surface area contributed by atoms with Gasteiger partial charge in [0, 0.05) is 17.8 Å². The lowest BCUT2D eigenvalue weighted by Crippen LogP contribution is -2.49. The summed E-state index contributed by atoms with van der Waals surface area (Å²) in [5.41, 5.74) is -0.536. The van der Waals surface area contributed by atoms with Gasteiger partial charge in [-0.1, -0.05) is 0 Å². The molecule has 8 heteroatoms. The van der Waals surface area contributed by atoms with E-state index in [-0.39, 0.29) is 29.6 Å². The number of fused-ring (bicyclic) bond motifs is 1. The number of aliphatic hydroxyl groups is 1. The average Bonchev–Trinajstić information content (AvgIpc) is 3.15. The molecule has 4 atom stereocenters. The Morgan fingerprint density at radius 1 is 1.30 bits per heavy atom. The first-order valence-electron chi connectivity index (χ1n) is 7.07. The maximum Gasteiger partial charge on any atom is 0.416 e. The van der Waals surface area contributed by atoms with Gasteiger partial charge in [0.25, 0.3) is 6.43 Å².